The summed E-state index contributed by atoms with van der Waals surface area (Å²) in [5.74, 6) is 2.18. The SMILES string of the molecule is C=C(C)C(=O)OCC(CCC1CCC(c2ccc(C3CCC4C=C(CCCCC)C=CC4C3)cc2)CC1)COC(=O)C(=C)CO. The lowest BCUT2D eigenvalue weighted by Crippen LogP contribution is -2.23. The van der Waals surface area contributed by atoms with Crippen molar-refractivity contribution < 1.29 is 24.2 Å². The Kier molecular flexibility index (Phi) is 13.7. The number of esters is 2. The summed E-state index contributed by atoms with van der Waals surface area (Å²) < 4.78 is 10.7. The molecule has 3 aliphatic carbocycles. The lowest BCUT2D eigenvalue weighted by Gasteiger charge is -2.36. The zero-order valence-electron chi connectivity index (χ0n) is 27.8. The Morgan fingerprint density at radius 2 is 1.53 bits per heavy atom. The first kappa shape index (κ1) is 34.9. The van der Waals surface area contributed by atoms with Gasteiger partial charge in [-0.1, -0.05) is 81.0 Å². The monoisotopic (exact) mass is 616 g/mol. The van der Waals surface area contributed by atoms with Gasteiger partial charge in [0.25, 0.3) is 0 Å². The second-order valence-corrected chi connectivity index (χ2v) is 14.0. The van der Waals surface area contributed by atoms with Gasteiger partial charge in [0.15, 0.2) is 0 Å². The smallest absolute Gasteiger partial charge is 0.335 e. The van der Waals surface area contributed by atoms with E-state index in [1.165, 1.54) is 81.8 Å². The molecule has 2 saturated carbocycles. The number of carbonyl (C=O) groups is 2. The Morgan fingerprint density at radius 1 is 0.889 bits per heavy atom. The number of hydrogen-bond acceptors (Lipinski definition) is 5. The molecule has 0 saturated heterocycles. The van der Waals surface area contributed by atoms with E-state index in [1.807, 2.05) is 0 Å². The molecule has 5 heteroatoms. The predicted octanol–water partition coefficient (Wildman–Crippen LogP) is 9.14. The Morgan fingerprint density at radius 3 is 2.18 bits per heavy atom. The molecular weight excluding hydrogens is 560 g/mol. The fourth-order valence-corrected chi connectivity index (χ4v) is 7.47. The molecule has 4 rings (SSSR count). The summed E-state index contributed by atoms with van der Waals surface area (Å²) in [5, 5.41) is 9.15. The molecule has 0 radical (unpaired) electrons. The van der Waals surface area contributed by atoms with Crippen molar-refractivity contribution in [2.75, 3.05) is 19.8 Å². The number of aliphatic hydroxyl groups excluding tert-OH is 1. The molecule has 4 unspecified atom stereocenters. The Balaban J connectivity index is 1.22. The summed E-state index contributed by atoms with van der Waals surface area (Å²) in [6.07, 6.45) is 23.1. The highest BCUT2D eigenvalue weighted by molar-refractivity contribution is 5.88. The number of rotatable bonds is 16. The van der Waals surface area contributed by atoms with E-state index in [9.17, 15) is 9.59 Å². The highest BCUT2D eigenvalue weighted by atomic mass is 16.5. The lowest BCUT2D eigenvalue weighted by molar-refractivity contribution is -0.144. The van der Waals surface area contributed by atoms with Gasteiger partial charge in [-0.05, 0) is 118 Å². The summed E-state index contributed by atoms with van der Waals surface area (Å²) in [5.41, 5.74) is 4.93. The summed E-state index contributed by atoms with van der Waals surface area (Å²) in [6, 6.07) is 9.62. The molecule has 0 spiro atoms. The minimum Gasteiger partial charge on any atom is -0.462 e. The van der Waals surface area contributed by atoms with Gasteiger partial charge in [-0.25, -0.2) is 9.59 Å². The van der Waals surface area contributed by atoms with Crippen LogP contribution >= 0.6 is 0 Å². The maximum Gasteiger partial charge on any atom is 0.335 e. The topological polar surface area (TPSA) is 72.8 Å². The van der Waals surface area contributed by atoms with Gasteiger partial charge in [-0.2, -0.15) is 0 Å². The molecule has 2 fully saturated rings. The van der Waals surface area contributed by atoms with Gasteiger partial charge in [0.1, 0.15) is 0 Å². The van der Waals surface area contributed by atoms with Crippen molar-refractivity contribution in [3.05, 3.63) is 83.5 Å². The molecule has 0 aromatic heterocycles. The van der Waals surface area contributed by atoms with Gasteiger partial charge < -0.3 is 14.6 Å². The van der Waals surface area contributed by atoms with E-state index in [1.54, 1.807) is 12.5 Å². The van der Waals surface area contributed by atoms with E-state index in [0.717, 1.165) is 18.8 Å². The normalized spacial score (nSPS) is 25.0. The van der Waals surface area contributed by atoms with Gasteiger partial charge in [-0.15, -0.1) is 0 Å². The number of unbranched alkanes of at least 4 members (excludes halogenated alkanes) is 2. The number of ether oxygens (including phenoxy) is 2. The van der Waals surface area contributed by atoms with Crippen LogP contribution in [0.3, 0.4) is 0 Å². The second kappa shape index (κ2) is 17.7. The molecule has 246 valence electrons. The average Bonchev–Trinajstić information content (AvgIpc) is 3.07. The van der Waals surface area contributed by atoms with Crippen LogP contribution in [0.2, 0.25) is 0 Å². The number of allylic oxidation sites excluding steroid dienone is 4. The molecule has 45 heavy (non-hydrogen) atoms. The van der Waals surface area contributed by atoms with Gasteiger partial charge in [0.2, 0.25) is 0 Å². The van der Waals surface area contributed by atoms with Crippen molar-refractivity contribution in [3.63, 3.8) is 0 Å². The highest BCUT2D eigenvalue weighted by Gasteiger charge is 2.31. The first-order valence-electron chi connectivity index (χ1n) is 17.5. The zero-order chi connectivity index (χ0) is 32.2. The van der Waals surface area contributed by atoms with Crippen LogP contribution in [0.25, 0.3) is 0 Å². The van der Waals surface area contributed by atoms with Crippen molar-refractivity contribution in [1.29, 1.82) is 0 Å². The van der Waals surface area contributed by atoms with Crippen molar-refractivity contribution in [2.24, 2.45) is 23.7 Å². The number of fused-ring (bicyclic) bond motifs is 1. The molecule has 1 aromatic rings. The Hall–Kier alpha value is -2.92. The van der Waals surface area contributed by atoms with Gasteiger partial charge in [0.05, 0.1) is 25.4 Å². The van der Waals surface area contributed by atoms with Crippen molar-refractivity contribution in [1.82, 2.24) is 0 Å². The summed E-state index contributed by atoms with van der Waals surface area (Å²) in [7, 11) is 0. The Labute approximate surface area is 271 Å². The van der Waals surface area contributed by atoms with Crippen LogP contribution in [-0.2, 0) is 19.1 Å². The van der Waals surface area contributed by atoms with Crippen LogP contribution in [0.4, 0.5) is 0 Å². The summed E-state index contributed by atoms with van der Waals surface area (Å²) in [6.45, 7) is 11.0. The molecule has 1 aromatic carbocycles. The van der Waals surface area contributed by atoms with Crippen LogP contribution < -0.4 is 0 Å². The Bertz CT molecular complexity index is 1200. The minimum absolute atomic E-state index is 0.0248. The van der Waals surface area contributed by atoms with E-state index in [0.29, 0.717) is 29.2 Å². The molecule has 0 bridgehead atoms. The highest BCUT2D eigenvalue weighted by Crippen LogP contribution is 2.44. The molecule has 5 nitrogen and oxygen atoms in total. The molecule has 0 amide bonds. The summed E-state index contributed by atoms with van der Waals surface area (Å²) in [4.78, 5) is 24.0. The van der Waals surface area contributed by atoms with Crippen molar-refractivity contribution in [2.45, 2.75) is 109 Å². The standard InChI is InChI=1S/C40H56O5/c1-5-6-7-8-31-13-16-38-24-37(22-21-36(38)23-31)35-19-17-34(18-20-35)33-14-11-30(12-15-33)9-10-32(26-44-39(42)28(2)3)27-45-40(43)29(4)25-41/h13,16-20,23,30,32-33,36-38,41H,2,4-12,14-15,21-22,24-27H2,1,3H3. The number of benzene rings is 1. The number of carbonyl (C=O) groups excluding carboxylic acids is 2. The fourth-order valence-electron chi connectivity index (χ4n) is 7.47. The maximum absolute atomic E-state index is 12.0. The maximum atomic E-state index is 12.0. The quantitative estimate of drug-likeness (QED) is 0.114. The first-order chi connectivity index (χ1) is 21.8. The van der Waals surface area contributed by atoms with Crippen molar-refractivity contribution in [3.8, 4) is 0 Å². The van der Waals surface area contributed by atoms with Gasteiger partial charge >= 0.3 is 11.9 Å². The number of hydrogen-bond donors (Lipinski definition) is 1. The summed E-state index contributed by atoms with van der Waals surface area (Å²) >= 11 is 0. The van der Waals surface area contributed by atoms with Crippen LogP contribution in [0.5, 0.6) is 0 Å². The molecule has 3 aliphatic rings. The largest absolute Gasteiger partial charge is 0.462 e. The molecular formula is C40H56O5. The van der Waals surface area contributed by atoms with Crippen molar-refractivity contribution >= 4 is 11.9 Å². The number of aliphatic hydroxyl groups is 1. The van der Waals surface area contributed by atoms with Crippen LogP contribution in [0, 0.1) is 23.7 Å². The fraction of sp³-hybridized carbons (Fsp3) is 0.600. The average molecular weight is 617 g/mol. The third-order valence-electron chi connectivity index (χ3n) is 10.4. The molecule has 1 N–H and O–H groups in total. The third kappa shape index (κ3) is 10.6. The third-order valence-corrected chi connectivity index (χ3v) is 10.4. The van der Waals surface area contributed by atoms with E-state index in [2.05, 4.69) is 62.6 Å². The first-order valence-corrected chi connectivity index (χ1v) is 17.5. The minimum atomic E-state index is -0.609. The predicted molar refractivity (Wildman–Crippen MR) is 182 cm³/mol. The van der Waals surface area contributed by atoms with Crippen LogP contribution in [0.15, 0.2) is 72.4 Å². The van der Waals surface area contributed by atoms with Gasteiger partial charge in [0, 0.05) is 11.5 Å². The second-order valence-electron chi connectivity index (χ2n) is 14.0. The van der Waals surface area contributed by atoms with Gasteiger partial charge in [-0.3, -0.25) is 0 Å². The molecule has 0 aliphatic heterocycles. The van der Waals surface area contributed by atoms with E-state index in [-0.39, 0.29) is 24.7 Å². The van der Waals surface area contributed by atoms with E-state index in [4.69, 9.17) is 14.6 Å². The van der Waals surface area contributed by atoms with E-state index >= 15 is 0 Å². The molecule has 0 heterocycles. The van der Waals surface area contributed by atoms with E-state index < -0.39 is 18.5 Å². The molecule has 4 atom stereocenters. The van der Waals surface area contributed by atoms with Crippen LogP contribution in [0.1, 0.15) is 120 Å². The lowest BCUT2D eigenvalue weighted by atomic mass is 9.69. The van der Waals surface area contributed by atoms with Crippen LogP contribution in [-0.4, -0.2) is 36.9 Å². The zero-order valence-corrected chi connectivity index (χ0v) is 27.8.